The smallest absolute Gasteiger partial charge is 0.248 e. The highest BCUT2D eigenvalue weighted by molar-refractivity contribution is 6.02. The second kappa shape index (κ2) is 7.79. The van der Waals surface area contributed by atoms with Crippen molar-refractivity contribution in [1.29, 1.82) is 0 Å². The number of rotatable bonds is 4. The molecule has 0 radical (unpaired) electrons. The fourth-order valence-electron chi connectivity index (χ4n) is 2.56. The maximum absolute atomic E-state index is 13.7. The van der Waals surface area contributed by atoms with Crippen LogP contribution < -0.4 is 15.4 Å². The lowest BCUT2D eigenvalue weighted by Crippen LogP contribution is -2.13. The van der Waals surface area contributed by atoms with Crippen LogP contribution in [0, 0.1) is 5.82 Å². The second-order valence-corrected chi connectivity index (χ2v) is 5.68. The molecule has 1 aliphatic heterocycles. The first-order chi connectivity index (χ1) is 12.5. The number of benzene rings is 2. The van der Waals surface area contributed by atoms with E-state index in [1.165, 1.54) is 31.2 Å². The molecule has 1 aliphatic rings. The lowest BCUT2D eigenvalue weighted by atomic mass is 10.1. The maximum atomic E-state index is 13.7. The Balaban J connectivity index is 1.72. The minimum Gasteiger partial charge on any atom is -0.467 e. The molecule has 0 aliphatic carbocycles. The van der Waals surface area contributed by atoms with Gasteiger partial charge in [-0.1, -0.05) is 6.07 Å². The summed E-state index contributed by atoms with van der Waals surface area (Å²) < 4.78 is 24.2. The van der Waals surface area contributed by atoms with E-state index in [1.807, 2.05) is 0 Å². The van der Waals surface area contributed by atoms with Gasteiger partial charge in [0.05, 0.1) is 6.61 Å². The predicted molar refractivity (Wildman–Crippen MR) is 95.1 cm³/mol. The quantitative estimate of drug-likeness (QED) is 0.824. The molecule has 0 atom stereocenters. The zero-order chi connectivity index (χ0) is 18.5. The number of carbonyl (C=O) groups is 2. The Kier molecular flexibility index (Phi) is 5.28. The number of amides is 2. The van der Waals surface area contributed by atoms with Gasteiger partial charge in [-0.25, -0.2) is 4.39 Å². The third kappa shape index (κ3) is 4.46. The van der Waals surface area contributed by atoms with Crippen LogP contribution in [0.25, 0.3) is 6.08 Å². The van der Waals surface area contributed by atoms with Crippen LogP contribution in [0.5, 0.6) is 5.75 Å². The predicted octanol–water partition coefficient (Wildman–Crippen LogP) is 3.30. The number of fused-ring (bicyclic) bond motifs is 1. The highest BCUT2D eigenvalue weighted by Crippen LogP contribution is 2.30. The molecule has 2 amide bonds. The fraction of sp³-hybridized carbons (Fsp3) is 0.158. The number of nitrogens with one attached hydrogen (secondary N) is 2. The van der Waals surface area contributed by atoms with Gasteiger partial charge in [-0.15, -0.1) is 0 Å². The first kappa shape index (κ1) is 17.6. The molecule has 3 rings (SSSR count). The normalized spacial score (nSPS) is 13.0. The van der Waals surface area contributed by atoms with Crippen molar-refractivity contribution in [2.24, 2.45) is 0 Å². The van der Waals surface area contributed by atoms with Crippen molar-refractivity contribution in [2.45, 2.75) is 13.5 Å². The van der Waals surface area contributed by atoms with E-state index in [2.05, 4.69) is 10.6 Å². The molecular formula is C19H17FN2O4. The van der Waals surface area contributed by atoms with E-state index in [4.69, 9.17) is 9.47 Å². The first-order valence-corrected chi connectivity index (χ1v) is 7.91. The summed E-state index contributed by atoms with van der Waals surface area (Å²) in [6, 6.07) is 9.40. The summed E-state index contributed by atoms with van der Waals surface area (Å²) >= 11 is 0. The molecule has 0 aromatic heterocycles. The van der Waals surface area contributed by atoms with E-state index < -0.39 is 11.7 Å². The SMILES string of the molecule is CC(=O)Nc1cccc(NC(=O)/C=C/c2cc(F)cc3c2OCOC3)c1. The van der Waals surface area contributed by atoms with Crippen LogP contribution in [0.4, 0.5) is 15.8 Å². The Morgan fingerprint density at radius 2 is 1.92 bits per heavy atom. The Morgan fingerprint density at radius 3 is 2.69 bits per heavy atom. The molecule has 0 bridgehead atoms. The summed E-state index contributed by atoms with van der Waals surface area (Å²) in [4.78, 5) is 23.2. The molecule has 2 aromatic carbocycles. The lowest BCUT2D eigenvalue weighted by molar-refractivity contribution is -0.114. The second-order valence-electron chi connectivity index (χ2n) is 5.68. The molecule has 1 heterocycles. The van der Waals surface area contributed by atoms with E-state index >= 15 is 0 Å². The first-order valence-electron chi connectivity index (χ1n) is 7.91. The average molecular weight is 356 g/mol. The molecule has 0 unspecified atom stereocenters. The van der Waals surface area contributed by atoms with Crippen molar-refractivity contribution in [3.63, 3.8) is 0 Å². The molecule has 6 nitrogen and oxygen atoms in total. The Labute approximate surface area is 149 Å². The zero-order valence-corrected chi connectivity index (χ0v) is 14.0. The summed E-state index contributed by atoms with van der Waals surface area (Å²) in [5.41, 5.74) is 2.16. The molecule has 7 heteroatoms. The molecule has 0 spiro atoms. The molecule has 0 saturated heterocycles. The molecule has 134 valence electrons. The highest BCUT2D eigenvalue weighted by atomic mass is 19.1. The van der Waals surface area contributed by atoms with Gasteiger partial charge in [0.2, 0.25) is 11.8 Å². The third-order valence-corrected chi connectivity index (χ3v) is 3.57. The lowest BCUT2D eigenvalue weighted by Gasteiger charge is -2.19. The summed E-state index contributed by atoms with van der Waals surface area (Å²) in [6.45, 7) is 1.75. The minimum atomic E-state index is -0.430. The van der Waals surface area contributed by atoms with E-state index in [9.17, 15) is 14.0 Å². The maximum Gasteiger partial charge on any atom is 0.248 e. The minimum absolute atomic E-state index is 0.0849. The van der Waals surface area contributed by atoms with Crippen molar-refractivity contribution in [2.75, 3.05) is 17.4 Å². The largest absolute Gasteiger partial charge is 0.467 e. The fourth-order valence-corrected chi connectivity index (χ4v) is 2.56. The van der Waals surface area contributed by atoms with Gasteiger partial charge >= 0.3 is 0 Å². The molecule has 2 aromatic rings. The van der Waals surface area contributed by atoms with E-state index in [1.54, 1.807) is 24.3 Å². The number of hydrogen-bond acceptors (Lipinski definition) is 4. The van der Waals surface area contributed by atoms with Crippen LogP contribution in [0.1, 0.15) is 18.1 Å². The van der Waals surface area contributed by atoms with E-state index in [0.717, 1.165) is 0 Å². The molecule has 2 N–H and O–H groups in total. The van der Waals surface area contributed by atoms with Gasteiger partial charge in [0.1, 0.15) is 11.6 Å². The van der Waals surface area contributed by atoms with Crippen LogP contribution in [-0.4, -0.2) is 18.6 Å². The number of ether oxygens (including phenoxy) is 2. The molecule has 0 saturated carbocycles. The van der Waals surface area contributed by atoms with Crippen LogP contribution >= 0.6 is 0 Å². The van der Waals surface area contributed by atoms with Crippen LogP contribution in [0.2, 0.25) is 0 Å². The number of halogens is 1. The van der Waals surface area contributed by atoms with Crippen molar-refractivity contribution >= 4 is 29.3 Å². The Morgan fingerprint density at radius 1 is 1.15 bits per heavy atom. The Bertz CT molecular complexity index is 880. The topological polar surface area (TPSA) is 76.7 Å². The van der Waals surface area contributed by atoms with Gasteiger partial charge < -0.3 is 20.1 Å². The highest BCUT2D eigenvalue weighted by Gasteiger charge is 2.15. The molecular weight excluding hydrogens is 339 g/mol. The standard InChI is InChI=1S/C19H17FN2O4/c1-12(23)21-16-3-2-4-17(9-16)22-18(24)6-5-13-7-15(20)8-14-10-25-11-26-19(13)14/h2-9H,10-11H2,1H3,(H,21,23)(H,22,24)/b6-5+. The van der Waals surface area contributed by atoms with Gasteiger partial charge in [-0.3, -0.25) is 9.59 Å². The zero-order valence-electron chi connectivity index (χ0n) is 14.0. The number of anilines is 2. The van der Waals surface area contributed by atoms with Gasteiger partial charge in [-0.2, -0.15) is 0 Å². The van der Waals surface area contributed by atoms with Gasteiger partial charge in [0.15, 0.2) is 6.79 Å². The van der Waals surface area contributed by atoms with Crippen molar-refractivity contribution in [1.82, 2.24) is 0 Å². The Hall–Kier alpha value is -3.19. The number of carbonyl (C=O) groups excluding carboxylic acids is 2. The monoisotopic (exact) mass is 356 g/mol. The van der Waals surface area contributed by atoms with Crippen LogP contribution in [-0.2, 0) is 20.9 Å². The van der Waals surface area contributed by atoms with Gasteiger partial charge in [0, 0.05) is 35.5 Å². The van der Waals surface area contributed by atoms with Crippen LogP contribution in [0.3, 0.4) is 0 Å². The third-order valence-electron chi connectivity index (χ3n) is 3.57. The molecule has 26 heavy (non-hydrogen) atoms. The van der Waals surface area contributed by atoms with Crippen LogP contribution in [0.15, 0.2) is 42.5 Å². The number of hydrogen-bond donors (Lipinski definition) is 2. The summed E-state index contributed by atoms with van der Waals surface area (Å²) in [5.74, 6) is -0.515. The van der Waals surface area contributed by atoms with E-state index in [0.29, 0.717) is 28.3 Å². The van der Waals surface area contributed by atoms with Gasteiger partial charge in [0.25, 0.3) is 0 Å². The summed E-state index contributed by atoms with van der Waals surface area (Å²) in [5, 5.41) is 5.32. The average Bonchev–Trinajstić information content (AvgIpc) is 2.59. The summed E-state index contributed by atoms with van der Waals surface area (Å²) in [6.07, 6.45) is 2.78. The van der Waals surface area contributed by atoms with Crippen molar-refractivity contribution in [3.05, 3.63) is 59.4 Å². The summed E-state index contributed by atoms with van der Waals surface area (Å²) in [7, 11) is 0. The molecule has 0 fully saturated rings. The van der Waals surface area contributed by atoms with Crippen molar-refractivity contribution < 1.29 is 23.5 Å². The van der Waals surface area contributed by atoms with Crippen molar-refractivity contribution in [3.8, 4) is 5.75 Å². The van der Waals surface area contributed by atoms with Gasteiger partial charge in [-0.05, 0) is 36.4 Å². The van der Waals surface area contributed by atoms with E-state index in [-0.39, 0.29) is 19.3 Å².